The van der Waals surface area contributed by atoms with Crippen LogP contribution in [0.2, 0.25) is 0 Å². The van der Waals surface area contributed by atoms with Crippen LogP contribution < -0.4 is 5.32 Å². The lowest BCUT2D eigenvalue weighted by Gasteiger charge is -2.04. The SMILES string of the molecule is Cc1cc(NC(=O)c2nn(-c3ccccc3)c3c2CCC3)n[nH]1. The number of H-pyrrole nitrogens is 1. The number of anilines is 1. The summed E-state index contributed by atoms with van der Waals surface area (Å²) in [4.78, 5) is 12.6. The van der Waals surface area contributed by atoms with Gasteiger partial charge < -0.3 is 5.32 Å². The molecule has 0 radical (unpaired) electrons. The molecule has 0 aliphatic heterocycles. The number of aryl methyl sites for hydroxylation is 1. The number of rotatable bonds is 3. The highest BCUT2D eigenvalue weighted by Gasteiger charge is 2.27. The number of aromatic amines is 1. The maximum Gasteiger partial charge on any atom is 0.277 e. The summed E-state index contributed by atoms with van der Waals surface area (Å²) in [7, 11) is 0. The molecule has 0 fully saturated rings. The lowest BCUT2D eigenvalue weighted by Crippen LogP contribution is -2.15. The molecule has 0 saturated heterocycles. The van der Waals surface area contributed by atoms with Gasteiger partial charge >= 0.3 is 0 Å². The van der Waals surface area contributed by atoms with E-state index in [1.165, 1.54) is 0 Å². The Morgan fingerprint density at radius 2 is 2.09 bits per heavy atom. The third-order valence-corrected chi connectivity index (χ3v) is 4.09. The van der Waals surface area contributed by atoms with E-state index in [0.29, 0.717) is 11.5 Å². The summed E-state index contributed by atoms with van der Waals surface area (Å²) in [6, 6.07) is 11.7. The van der Waals surface area contributed by atoms with Crippen molar-refractivity contribution in [1.29, 1.82) is 0 Å². The number of amides is 1. The van der Waals surface area contributed by atoms with E-state index in [9.17, 15) is 4.79 Å². The molecule has 6 heteroatoms. The monoisotopic (exact) mass is 307 g/mol. The smallest absolute Gasteiger partial charge is 0.277 e. The third kappa shape index (κ3) is 2.42. The number of fused-ring (bicyclic) bond motifs is 1. The van der Waals surface area contributed by atoms with Crippen molar-refractivity contribution < 1.29 is 4.79 Å². The number of hydrogen-bond donors (Lipinski definition) is 2. The van der Waals surface area contributed by atoms with Crippen LogP contribution in [0.25, 0.3) is 5.69 Å². The zero-order chi connectivity index (χ0) is 15.8. The Hall–Kier alpha value is -2.89. The van der Waals surface area contributed by atoms with E-state index in [0.717, 1.165) is 41.9 Å². The highest BCUT2D eigenvalue weighted by Crippen LogP contribution is 2.28. The predicted octanol–water partition coefficient (Wildman–Crippen LogP) is 2.64. The first kappa shape index (κ1) is 13.8. The second-order valence-electron chi connectivity index (χ2n) is 5.77. The molecule has 0 bridgehead atoms. The van der Waals surface area contributed by atoms with E-state index in [2.05, 4.69) is 20.6 Å². The fourth-order valence-corrected chi connectivity index (χ4v) is 3.06. The molecule has 0 saturated carbocycles. The van der Waals surface area contributed by atoms with Crippen molar-refractivity contribution in [3.8, 4) is 5.69 Å². The first-order chi connectivity index (χ1) is 11.2. The molecule has 0 atom stereocenters. The highest BCUT2D eigenvalue weighted by atomic mass is 16.2. The van der Waals surface area contributed by atoms with E-state index in [-0.39, 0.29) is 5.91 Å². The minimum atomic E-state index is -0.204. The topological polar surface area (TPSA) is 75.6 Å². The second-order valence-corrected chi connectivity index (χ2v) is 5.77. The minimum Gasteiger partial charge on any atom is -0.304 e. The summed E-state index contributed by atoms with van der Waals surface area (Å²) in [6.45, 7) is 1.89. The van der Waals surface area contributed by atoms with Crippen molar-refractivity contribution >= 4 is 11.7 Å². The van der Waals surface area contributed by atoms with Gasteiger partial charge in [-0.2, -0.15) is 10.2 Å². The van der Waals surface area contributed by atoms with Gasteiger partial charge in [-0.05, 0) is 38.3 Å². The van der Waals surface area contributed by atoms with Crippen molar-refractivity contribution in [2.45, 2.75) is 26.2 Å². The largest absolute Gasteiger partial charge is 0.304 e. The molecule has 1 aromatic carbocycles. The van der Waals surface area contributed by atoms with Crippen LogP contribution in [0.15, 0.2) is 36.4 Å². The van der Waals surface area contributed by atoms with Gasteiger partial charge in [-0.3, -0.25) is 9.89 Å². The van der Waals surface area contributed by atoms with Crippen molar-refractivity contribution in [3.63, 3.8) is 0 Å². The summed E-state index contributed by atoms with van der Waals surface area (Å²) in [6.07, 6.45) is 2.90. The fraction of sp³-hybridized carbons (Fsp3) is 0.235. The quantitative estimate of drug-likeness (QED) is 0.781. The molecule has 2 N–H and O–H groups in total. The Kier molecular flexibility index (Phi) is 3.22. The fourth-order valence-electron chi connectivity index (χ4n) is 3.06. The van der Waals surface area contributed by atoms with Crippen LogP contribution in [0.1, 0.15) is 33.9 Å². The molecule has 4 rings (SSSR count). The Labute approximate surface area is 133 Å². The van der Waals surface area contributed by atoms with Crippen LogP contribution in [0.3, 0.4) is 0 Å². The van der Waals surface area contributed by atoms with E-state index in [1.807, 2.05) is 41.9 Å². The lowest BCUT2D eigenvalue weighted by molar-refractivity contribution is 0.102. The molecule has 116 valence electrons. The maximum absolute atomic E-state index is 12.6. The average molecular weight is 307 g/mol. The Balaban J connectivity index is 1.71. The Morgan fingerprint density at radius 1 is 1.26 bits per heavy atom. The van der Waals surface area contributed by atoms with Crippen LogP contribution in [0.4, 0.5) is 5.82 Å². The number of nitrogens with one attached hydrogen (secondary N) is 2. The average Bonchev–Trinajstić information content (AvgIpc) is 3.24. The molecule has 0 spiro atoms. The summed E-state index contributed by atoms with van der Waals surface area (Å²) < 4.78 is 1.90. The van der Waals surface area contributed by atoms with Gasteiger partial charge in [0.1, 0.15) is 0 Å². The van der Waals surface area contributed by atoms with Crippen LogP contribution in [0.5, 0.6) is 0 Å². The molecule has 1 amide bonds. The Morgan fingerprint density at radius 3 is 2.83 bits per heavy atom. The summed E-state index contributed by atoms with van der Waals surface area (Å²) >= 11 is 0. The molecule has 2 heterocycles. The third-order valence-electron chi connectivity index (χ3n) is 4.09. The van der Waals surface area contributed by atoms with Crippen LogP contribution in [0, 0.1) is 6.92 Å². The molecular formula is C17H17N5O. The summed E-state index contributed by atoms with van der Waals surface area (Å²) in [5.41, 5.74) is 4.58. The van der Waals surface area contributed by atoms with Crippen molar-refractivity contribution in [3.05, 3.63) is 59.0 Å². The van der Waals surface area contributed by atoms with Gasteiger partial charge in [0.2, 0.25) is 0 Å². The van der Waals surface area contributed by atoms with Crippen LogP contribution >= 0.6 is 0 Å². The number of nitrogens with zero attached hydrogens (tertiary/aromatic N) is 3. The Bertz CT molecular complexity index is 862. The number of aromatic nitrogens is 4. The number of carbonyl (C=O) groups excluding carboxylic acids is 1. The van der Waals surface area contributed by atoms with E-state index in [1.54, 1.807) is 6.07 Å². The van der Waals surface area contributed by atoms with Gasteiger partial charge in [0.05, 0.1) is 5.69 Å². The highest BCUT2D eigenvalue weighted by molar-refractivity contribution is 6.03. The molecule has 0 unspecified atom stereocenters. The van der Waals surface area contributed by atoms with Gasteiger partial charge in [0.25, 0.3) is 5.91 Å². The van der Waals surface area contributed by atoms with E-state index < -0.39 is 0 Å². The molecule has 6 nitrogen and oxygen atoms in total. The summed E-state index contributed by atoms with van der Waals surface area (Å²) in [5.74, 6) is 0.317. The zero-order valence-electron chi connectivity index (χ0n) is 12.8. The molecule has 23 heavy (non-hydrogen) atoms. The van der Waals surface area contributed by atoms with Gasteiger partial charge in [0.15, 0.2) is 11.5 Å². The maximum atomic E-state index is 12.6. The number of carbonyl (C=O) groups is 1. The van der Waals surface area contributed by atoms with Crippen molar-refractivity contribution in [2.75, 3.05) is 5.32 Å². The van der Waals surface area contributed by atoms with Gasteiger partial charge in [-0.25, -0.2) is 4.68 Å². The number of benzene rings is 1. The second kappa shape index (κ2) is 5.39. The van der Waals surface area contributed by atoms with Crippen molar-refractivity contribution in [1.82, 2.24) is 20.0 Å². The molecular weight excluding hydrogens is 290 g/mol. The zero-order valence-corrected chi connectivity index (χ0v) is 12.8. The molecule has 3 aromatic rings. The predicted molar refractivity (Wildman–Crippen MR) is 86.9 cm³/mol. The first-order valence-electron chi connectivity index (χ1n) is 7.72. The van der Waals surface area contributed by atoms with Crippen LogP contribution in [-0.4, -0.2) is 25.9 Å². The van der Waals surface area contributed by atoms with Crippen molar-refractivity contribution in [2.24, 2.45) is 0 Å². The number of para-hydroxylation sites is 1. The summed E-state index contributed by atoms with van der Waals surface area (Å²) in [5, 5.41) is 14.3. The van der Waals surface area contributed by atoms with E-state index >= 15 is 0 Å². The lowest BCUT2D eigenvalue weighted by atomic mass is 10.2. The van der Waals surface area contributed by atoms with Crippen LogP contribution in [-0.2, 0) is 12.8 Å². The first-order valence-corrected chi connectivity index (χ1v) is 7.72. The van der Waals surface area contributed by atoms with Gasteiger partial charge in [-0.15, -0.1) is 0 Å². The normalized spacial score (nSPS) is 13.1. The molecule has 1 aliphatic carbocycles. The van der Waals surface area contributed by atoms with Gasteiger partial charge in [0, 0.05) is 23.0 Å². The standard InChI is InChI=1S/C17H17N5O/c1-11-10-15(20-19-11)18-17(23)16-13-8-5-9-14(13)22(21-16)12-6-3-2-4-7-12/h2-4,6-7,10H,5,8-9H2,1H3,(H2,18,19,20,23). The minimum absolute atomic E-state index is 0.204. The van der Waals surface area contributed by atoms with Gasteiger partial charge in [-0.1, -0.05) is 18.2 Å². The molecule has 1 aliphatic rings. The molecule has 2 aromatic heterocycles. The van der Waals surface area contributed by atoms with E-state index in [4.69, 9.17) is 0 Å². The number of hydrogen-bond acceptors (Lipinski definition) is 3.